The molecule has 0 atom stereocenters. The van der Waals surface area contributed by atoms with Gasteiger partial charge in [-0.1, -0.05) is 12.1 Å². The number of anilines is 1. The molecular formula is C24H16F4N2O2S. The molecule has 0 radical (unpaired) electrons. The number of carbonyl (C=O) groups is 1. The zero-order valence-corrected chi connectivity index (χ0v) is 17.7. The van der Waals surface area contributed by atoms with E-state index in [9.17, 15) is 22.4 Å². The van der Waals surface area contributed by atoms with Gasteiger partial charge in [0.2, 0.25) is 0 Å². The molecule has 0 fully saturated rings. The molecule has 0 aliphatic heterocycles. The minimum atomic E-state index is -4.44. The lowest BCUT2D eigenvalue weighted by atomic mass is 10.2. The predicted octanol–water partition coefficient (Wildman–Crippen LogP) is 6.80. The van der Waals surface area contributed by atoms with Crippen molar-refractivity contribution in [2.24, 2.45) is 0 Å². The van der Waals surface area contributed by atoms with Crippen LogP contribution in [-0.4, -0.2) is 10.9 Å². The van der Waals surface area contributed by atoms with Crippen molar-refractivity contribution in [3.05, 3.63) is 101 Å². The molecule has 1 amide bonds. The molecule has 1 heterocycles. The van der Waals surface area contributed by atoms with Gasteiger partial charge in [-0.3, -0.25) is 4.79 Å². The first-order valence-corrected chi connectivity index (χ1v) is 10.6. The van der Waals surface area contributed by atoms with E-state index in [0.717, 1.165) is 17.7 Å². The van der Waals surface area contributed by atoms with Crippen molar-refractivity contribution in [1.29, 1.82) is 0 Å². The fourth-order valence-corrected chi connectivity index (χ4v) is 3.74. The Kier molecular flexibility index (Phi) is 6.41. The van der Waals surface area contributed by atoms with E-state index in [1.807, 2.05) is 0 Å². The third-order valence-corrected chi connectivity index (χ3v) is 5.49. The number of alkyl halides is 3. The van der Waals surface area contributed by atoms with Gasteiger partial charge in [0.15, 0.2) is 0 Å². The Morgan fingerprint density at radius 2 is 1.73 bits per heavy atom. The number of nitrogens with zero attached hydrogens (tertiary/aromatic N) is 1. The summed E-state index contributed by atoms with van der Waals surface area (Å²) in [6.45, 7) is 0.225. The summed E-state index contributed by atoms with van der Waals surface area (Å²) in [6.07, 6.45) is -4.44. The van der Waals surface area contributed by atoms with Crippen molar-refractivity contribution in [3.63, 3.8) is 0 Å². The van der Waals surface area contributed by atoms with Crippen LogP contribution in [0.15, 0.2) is 78.2 Å². The minimum absolute atomic E-state index is 0.154. The van der Waals surface area contributed by atoms with Crippen LogP contribution < -0.4 is 10.1 Å². The highest BCUT2D eigenvalue weighted by atomic mass is 32.1. The Labute approximate surface area is 190 Å². The molecule has 4 nitrogen and oxygen atoms in total. The Morgan fingerprint density at radius 3 is 2.39 bits per heavy atom. The van der Waals surface area contributed by atoms with Gasteiger partial charge in [-0.2, -0.15) is 13.2 Å². The summed E-state index contributed by atoms with van der Waals surface area (Å²) in [5, 5.41) is 4.71. The number of ether oxygens (including phenoxy) is 1. The number of nitrogens with one attached hydrogen (secondary N) is 1. The molecule has 3 aromatic carbocycles. The number of aromatic nitrogens is 1. The van der Waals surface area contributed by atoms with Crippen LogP contribution in [0, 0.1) is 5.82 Å². The van der Waals surface area contributed by atoms with E-state index >= 15 is 0 Å². The number of halogens is 4. The van der Waals surface area contributed by atoms with Gasteiger partial charge in [0.05, 0.1) is 5.56 Å². The van der Waals surface area contributed by atoms with Crippen LogP contribution in [0.25, 0.3) is 10.6 Å². The highest BCUT2D eigenvalue weighted by Gasteiger charge is 2.30. The van der Waals surface area contributed by atoms with Gasteiger partial charge in [0, 0.05) is 16.6 Å². The predicted molar refractivity (Wildman–Crippen MR) is 118 cm³/mol. The van der Waals surface area contributed by atoms with E-state index in [0.29, 0.717) is 16.3 Å². The lowest BCUT2D eigenvalue weighted by Gasteiger charge is -2.08. The number of benzene rings is 3. The van der Waals surface area contributed by atoms with Crippen molar-refractivity contribution in [3.8, 4) is 16.3 Å². The lowest BCUT2D eigenvalue weighted by Crippen LogP contribution is -2.12. The SMILES string of the molecule is O=C(Nc1ccc(C(F)(F)F)cc1)c1csc(-c2ccc(OCc3cccc(F)c3)cc2)n1. The van der Waals surface area contributed by atoms with Gasteiger partial charge in [-0.15, -0.1) is 11.3 Å². The van der Waals surface area contributed by atoms with Gasteiger partial charge < -0.3 is 10.1 Å². The van der Waals surface area contributed by atoms with E-state index in [1.54, 1.807) is 41.8 Å². The molecule has 33 heavy (non-hydrogen) atoms. The molecule has 1 N–H and O–H groups in total. The largest absolute Gasteiger partial charge is 0.489 e. The average Bonchev–Trinajstić information content (AvgIpc) is 3.28. The van der Waals surface area contributed by atoms with Gasteiger partial charge in [-0.25, -0.2) is 9.37 Å². The quantitative estimate of drug-likeness (QED) is 0.314. The smallest absolute Gasteiger partial charge is 0.416 e. The first kappa shape index (κ1) is 22.5. The Morgan fingerprint density at radius 1 is 1.00 bits per heavy atom. The van der Waals surface area contributed by atoms with Gasteiger partial charge in [0.25, 0.3) is 5.91 Å². The summed E-state index contributed by atoms with van der Waals surface area (Å²) in [4.78, 5) is 16.7. The van der Waals surface area contributed by atoms with Crippen LogP contribution >= 0.6 is 11.3 Å². The third-order valence-electron chi connectivity index (χ3n) is 4.60. The number of amides is 1. The van der Waals surface area contributed by atoms with E-state index in [2.05, 4.69) is 10.3 Å². The number of carbonyl (C=O) groups excluding carboxylic acids is 1. The van der Waals surface area contributed by atoms with Crippen LogP contribution in [0.5, 0.6) is 5.75 Å². The van der Waals surface area contributed by atoms with Crippen LogP contribution in [-0.2, 0) is 12.8 Å². The van der Waals surface area contributed by atoms with Gasteiger partial charge in [0.1, 0.15) is 28.9 Å². The Hall–Kier alpha value is -3.72. The molecule has 0 saturated heterocycles. The van der Waals surface area contributed by atoms with E-state index in [1.165, 1.54) is 35.6 Å². The first-order chi connectivity index (χ1) is 15.8. The number of hydrogen-bond donors (Lipinski definition) is 1. The standard InChI is InChI=1S/C24H16F4N2O2S/c25-18-3-1-2-15(12-18)13-32-20-10-4-16(5-11-20)23-30-21(14-33-23)22(31)29-19-8-6-17(7-9-19)24(26,27)28/h1-12,14H,13H2,(H,29,31). The molecule has 0 unspecified atom stereocenters. The normalized spacial score (nSPS) is 11.3. The summed E-state index contributed by atoms with van der Waals surface area (Å²) in [5.41, 5.74) is 1.08. The molecule has 0 aliphatic rings. The van der Waals surface area contributed by atoms with Crippen molar-refractivity contribution < 1.29 is 27.1 Å². The van der Waals surface area contributed by atoms with E-state index in [-0.39, 0.29) is 23.8 Å². The second-order valence-corrected chi connectivity index (χ2v) is 7.87. The maximum Gasteiger partial charge on any atom is 0.416 e. The molecule has 0 saturated carbocycles. The summed E-state index contributed by atoms with van der Waals surface area (Å²) in [7, 11) is 0. The topological polar surface area (TPSA) is 51.2 Å². The molecule has 0 bridgehead atoms. The fraction of sp³-hybridized carbons (Fsp3) is 0.0833. The minimum Gasteiger partial charge on any atom is -0.489 e. The van der Waals surface area contributed by atoms with Crippen LogP contribution in [0.2, 0.25) is 0 Å². The van der Waals surface area contributed by atoms with Crippen LogP contribution in [0.3, 0.4) is 0 Å². The molecule has 9 heteroatoms. The summed E-state index contributed by atoms with van der Waals surface area (Å²) >= 11 is 1.26. The summed E-state index contributed by atoms with van der Waals surface area (Å²) in [6, 6.07) is 17.4. The average molecular weight is 472 g/mol. The van der Waals surface area contributed by atoms with Crippen molar-refractivity contribution >= 4 is 22.9 Å². The third kappa shape index (κ3) is 5.75. The fourth-order valence-electron chi connectivity index (χ4n) is 2.94. The van der Waals surface area contributed by atoms with Gasteiger partial charge >= 0.3 is 6.18 Å². The van der Waals surface area contributed by atoms with Crippen LogP contribution in [0.1, 0.15) is 21.6 Å². The molecule has 168 valence electrons. The highest BCUT2D eigenvalue weighted by molar-refractivity contribution is 7.13. The monoisotopic (exact) mass is 472 g/mol. The Bertz CT molecular complexity index is 1250. The summed E-state index contributed by atoms with van der Waals surface area (Å²) in [5.74, 6) is -0.250. The maximum absolute atomic E-state index is 13.2. The van der Waals surface area contributed by atoms with Crippen molar-refractivity contribution in [2.45, 2.75) is 12.8 Å². The number of rotatable bonds is 6. The molecule has 4 aromatic rings. The zero-order chi connectivity index (χ0) is 23.4. The van der Waals surface area contributed by atoms with Crippen molar-refractivity contribution in [2.75, 3.05) is 5.32 Å². The second kappa shape index (κ2) is 9.41. The van der Waals surface area contributed by atoms with E-state index < -0.39 is 17.6 Å². The van der Waals surface area contributed by atoms with Gasteiger partial charge in [-0.05, 0) is 66.2 Å². The zero-order valence-electron chi connectivity index (χ0n) is 16.9. The van der Waals surface area contributed by atoms with Crippen molar-refractivity contribution in [1.82, 2.24) is 4.98 Å². The lowest BCUT2D eigenvalue weighted by molar-refractivity contribution is -0.137. The second-order valence-electron chi connectivity index (χ2n) is 7.01. The molecular weight excluding hydrogens is 456 g/mol. The van der Waals surface area contributed by atoms with Crippen LogP contribution in [0.4, 0.5) is 23.2 Å². The Balaban J connectivity index is 1.37. The molecule has 4 rings (SSSR count). The molecule has 0 spiro atoms. The maximum atomic E-state index is 13.2. The summed E-state index contributed by atoms with van der Waals surface area (Å²) < 4.78 is 56.9. The molecule has 1 aromatic heterocycles. The van der Waals surface area contributed by atoms with E-state index in [4.69, 9.17) is 4.74 Å². The number of hydrogen-bond acceptors (Lipinski definition) is 4. The first-order valence-electron chi connectivity index (χ1n) is 9.70. The molecule has 0 aliphatic carbocycles. The number of thiazole rings is 1. The highest BCUT2D eigenvalue weighted by Crippen LogP contribution is 2.30.